The molecular formula is C24H23F3N2O5. The number of carbonyl (C=O) groups excluding carboxylic acids is 2. The molecule has 0 spiro atoms. The first-order valence-corrected chi connectivity index (χ1v) is 10.2. The number of hydrogen-bond acceptors (Lipinski definition) is 6. The van der Waals surface area contributed by atoms with Crippen LogP contribution >= 0.6 is 0 Å². The molecule has 0 saturated heterocycles. The molecule has 1 atom stereocenters. The number of benzene rings is 2. The maximum atomic E-state index is 13.4. The fourth-order valence-corrected chi connectivity index (χ4v) is 3.41. The third-order valence-electron chi connectivity index (χ3n) is 4.89. The third kappa shape index (κ3) is 5.38. The quantitative estimate of drug-likeness (QED) is 0.477. The van der Waals surface area contributed by atoms with E-state index in [0.29, 0.717) is 28.0 Å². The van der Waals surface area contributed by atoms with Crippen molar-refractivity contribution >= 4 is 22.5 Å². The Kier molecular flexibility index (Phi) is 7.29. The van der Waals surface area contributed by atoms with Gasteiger partial charge in [-0.3, -0.25) is 14.6 Å². The summed E-state index contributed by atoms with van der Waals surface area (Å²) in [5.74, 6) is -1.99. The minimum Gasteiger partial charge on any atom is -0.493 e. The highest BCUT2D eigenvalue weighted by molar-refractivity contribution is 6.05. The van der Waals surface area contributed by atoms with Gasteiger partial charge in [-0.15, -0.1) is 0 Å². The summed E-state index contributed by atoms with van der Waals surface area (Å²) in [6.45, 7) is 3.59. The molecule has 7 nitrogen and oxygen atoms in total. The van der Waals surface area contributed by atoms with E-state index in [-0.39, 0.29) is 17.2 Å². The van der Waals surface area contributed by atoms with E-state index >= 15 is 0 Å². The van der Waals surface area contributed by atoms with Crippen LogP contribution in [0.1, 0.15) is 35.8 Å². The standard InChI is InChI=1S/C24H23F3N2O5/c1-13(2)34-16-7-5-6-14(8-16)22(30)21(29-23(31)24(25,26)27)18-12-28-11-15-9-19(32-3)20(33-4)10-17(15)18/h5-13,21H,1-4H3,(H,29,31). The molecule has 3 rings (SSSR count). The highest BCUT2D eigenvalue weighted by Crippen LogP contribution is 2.36. The number of hydrogen-bond donors (Lipinski definition) is 1. The number of nitrogens with one attached hydrogen (secondary N) is 1. The van der Waals surface area contributed by atoms with Crippen molar-refractivity contribution in [1.82, 2.24) is 10.3 Å². The number of pyridine rings is 1. The van der Waals surface area contributed by atoms with Gasteiger partial charge in [-0.05, 0) is 43.5 Å². The number of fused-ring (bicyclic) bond motifs is 1. The van der Waals surface area contributed by atoms with E-state index in [1.807, 2.05) is 5.32 Å². The van der Waals surface area contributed by atoms with Gasteiger partial charge in [-0.25, -0.2) is 0 Å². The predicted octanol–water partition coefficient (Wildman–Crippen LogP) is 4.64. The summed E-state index contributed by atoms with van der Waals surface area (Å²) in [5, 5.41) is 2.67. The summed E-state index contributed by atoms with van der Waals surface area (Å²) >= 11 is 0. The SMILES string of the molecule is COc1cc2cncc(C(NC(=O)C(F)(F)F)C(=O)c3cccc(OC(C)C)c3)c2cc1OC. The number of rotatable bonds is 8. The first-order valence-electron chi connectivity index (χ1n) is 10.2. The minimum atomic E-state index is -5.19. The van der Waals surface area contributed by atoms with E-state index in [1.54, 1.807) is 32.0 Å². The van der Waals surface area contributed by atoms with Crippen LogP contribution in [0, 0.1) is 0 Å². The number of aromatic nitrogens is 1. The van der Waals surface area contributed by atoms with Crippen LogP contribution in [0.25, 0.3) is 10.8 Å². The van der Waals surface area contributed by atoms with E-state index < -0.39 is 23.9 Å². The van der Waals surface area contributed by atoms with Crippen LogP contribution in [-0.2, 0) is 4.79 Å². The molecule has 34 heavy (non-hydrogen) atoms. The Hall–Kier alpha value is -3.82. The highest BCUT2D eigenvalue weighted by atomic mass is 19.4. The Bertz CT molecular complexity index is 1210. The molecular weight excluding hydrogens is 453 g/mol. The minimum absolute atomic E-state index is 0.0584. The topological polar surface area (TPSA) is 86.8 Å². The molecule has 3 aromatic rings. The van der Waals surface area contributed by atoms with Crippen LogP contribution in [0.2, 0.25) is 0 Å². The Morgan fingerprint density at radius 1 is 1.00 bits per heavy atom. The van der Waals surface area contributed by atoms with Gasteiger partial charge in [0, 0.05) is 28.9 Å². The van der Waals surface area contributed by atoms with Gasteiger partial charge >= 0.3 is 12.1 Å². The van der Waals surface area contributed by atoms with Crippen LogP contribution in [-0.4, -0.2) is 43.2 Å². The van der Waals surface area contributed by atoms with Gasteiger partial charge in [-0.2, -0.15) is 13.2 Å². The fraction of sp³-hybridized carbons (Fsp3) is 0.292. The number of amides is 1. The molecule has 10 heteroatoms. The van der Waals surface area contributed by atoms with Crippen molar-refractivity contribution in [1.29, 1.82) is 0 Å². The Morgan fingerprint density at radius 2 is 1.68 bits per heavy atom. The summed E-state index contributed by atoms with van der Waals surface area (Å²) in [5.41, 5.74) is 0.124. The average Bonchev–Trinajstić information content (AvgIpc) is 2.79. The summed E-state index contributed by atoms with van der Waals surface area (Å²) in [7, 11) is 2.84. The number of Topliss-reactive ketones (excluding diaryl/α,β-unsaturated/α-hetero) is 1. The normalized spacial score (nSPS) is 12.4. The van der Waals surface area contributed by atoms with Crippen molar-refractivity contribution in [2.75, 3.05) is 14.2 Å². The number of alkyl halides is 3. The van der Waals surface area contributed by atoms with Crippen molar-refractivity contribution in [2.24, 2.45) is 0 Å². The maximum Gasteiger partial charge on any atom is 0.471 e. The van der Waals surface area contributed by atoms with E-state index in [0.717, 1.165) is 0 Å². The summed E-state index contributed by atoms with van der Waals surface area (Å²) in [4.78, 5) is 29.4. The lowest BCUT2D eigenvalue weighted by Gasteiger charge is -2.21. The van der Waals surface area contributed by atoms with Crippen LogP contribution < -0.4 is 19.5 Å². The van der Waals surface area contributed by atoms with Gasteiger partial charge in [0.05, 0.1) is 20.3 Å². The Labute approximate surface area is 193 Å². The highest BCUT2D eigenvalue weighted by Gasteiger charge is 2.41. The maximum absolute atomic E-state index is 13.4. The van der Waals surface area contributed by atoms with E-state index in [9.17, 15) is 22.8 Å². The molecule has 0 fully saturated rings. The molecule has 1 N–H and O–H groups in total. The zero-order valence-electron chi connectivity index (χ0n) is 18.9. The van der Waals surface area contributed by atoms with Crippen LogP contribution in [0.4, 0.5) is 13.2 Å². The fourth-order valence-electron chi connectivity index (χ4n) is 3.41. The zero-order chi connectivity index (χ0) is 25.0. The van der Waals surface area contributed by atoms with Crippen molar-refractivity contribution in [2.45, 2.75) is 32.2 Å². The first kappa shape index (κ1) is 24.8. The molecule has 0 aliphatic carbocycles. The molecule has 0 radical (unpaired) electrons. The molecule has 0 aliphatic heterocycles. The molecule has 0 saturated carbocycles. The lowest BCUT2D eigenvalue weighted by atomic mass is 9.94. The number of methoxy groups -OCH3 is 2. The number of carbonyl (C=O) groups is 2. The van der Waals surface area contributed by atoms with Gasteiger partial charge in [0.1, 0.15) is 11.8 Å². The monoisotopic (exact) mass is 476 g/mol. The van der Waals surface area contributed by atoms with Crippen molar-refractivity contribution in [3.05, 3.63) is 59.9 Å². The summed E-state index contributed by atoms with van der Waals surface area (Å²) in [6.07, 6.45) is -2.68. The van der Waals surface area contributed by atoms with E-state index in [1.165, 1.54) is 44.8 Å². The molecule has 180 valence electrons. The number of ether oxygens (including phenoxy) is 3. The zero-order valence-corrected chi connectivity index (χ0v) is 18.9. The molecule has 2 aromatic carbocycles. The molecule has 1 aromatic heterocycles. The third-order valence-corrected chi connectivity index (χ3v) is 4.89. The molecule has 1 amide bonds. The summed E-state index contributed by atoms with van der Waals surface area (Å²) < 4.78 is 55.6. The van der Waals surface area contributed by atoms with Gasteiger partial charge in [0.15, 0.2) is 17.3 Å². The van der Waals surface area contributed by atoms with E-state index in [4.69, 9.17) is 14.2 Å². The lowest BCUT2D eigenvalue weighted by molar-refractivity contribution is -0.174. The van der Waals surface area contributed by atoms with Crippen LogP contribution in [0.3, 0.4) is 0 Å². The van der Waals surface area contributed by atoms with Gasteiger partial charge in [-0.1, -0.05) is 12.1 Å². The predicted molar refractivity (Wildman–Crippen MR) is 118 cm³/mol. The molecule has 1 unspecified atom stereocenters. The van der Waals surface area contributed by atoms with Gasteiger partial charge < -0.3 is 19.5 Å². The largest absolute Gasteiger partial charge is 0.493 e. The Balaban J connectivity index is 2.16. The van der Waals surface area contributed by atoms with Crippen molar-refractivity contribution < 1.29 is 37.0 Å². The number of ketones is 1. The molecule has 0 aliphatic rings. The van der Waals surface area contributed by atoms with Gasteiger partial charge in [0.25, 0.3) is 0 Å². The smallest absolute Gasteiger partial charge is 0.471 e. The second-order valence-electron chi connectivity index (χ2n) is 7.62. The number of halogens is 3. The first-order chi connectivity index (χ1) is 16.0. The van der Waals surface area contributed by atoms with Gasteiger partial charge in [0.2, 0.25) is 0 Å². The average molecular weight is 476 g/mol. The Morgan fingerprint density at radius 3 is 2.29 bits per heavy atom. The summed E-state index contributed by atoms with van der Waals surface area (Å²) in [6, 6.07) is 7.43. The lowest BCUT2D eigenvalue weighted by Crippen LogP contribution is -2.42. The van der Waals surface area contributed by atoms with Crippen molar-refractivity contribution in [3.8, 4) is 17.2 Å². The van der Waals surface area contributed by atoms with Crippen molar-refractivity contribution in [3.63, 3.8) is 0 Å². The van der Waals surface area contributed by atoms with E-state index in [2.05, 4.69) is 4.98 Å². The van der Waals surface area contributed by atoms with Crippen LogP contribution in [0.5, 0.6) is 17.2 Å². The molecule has 1 heterocycles. The second kappa shape index (κ2) is 9.98. The second-order valence-corrected chi connectivity index (χ2v) is 7.62. The molecule has 0 bridgehead atoms. The number of nitrogens with zero attached hydrogens (tertiary/aromatic N) is 1. The van der Waals surface area contributed by atoms with Crippen LogP contribution in [0.15, 0.2) is 48.8 Å².